The lowest BCUT2D eigenvalue weighted by molar-refractivity contribution is 0.0408. The van der Waals surface area contributed by atoms with E-state index in [0.717, 1.165) is 6.42 Å². The van der Waals surface area contributed by atoms with Crippen molar-refractivity contribution < 1.29 is 19.1 Å². The van der Waals surface area contributed by atoms with E-state index >= 15 is 0 Å². The predicted octanol–water partition coefficient (Wildman–Crippen LogP) is 1.86. The van der Waals surface area contributed by atoms with Crippen LogP contribution >= 0.6 is 0 Å². The molecule has 0 aliphatic heterocycles. The van der Waals surface area contributed by atoms with Crippen LogP contribution < -0.4 is 5.73 Å². The summed E-state index contributed by atoms with van der Waals surface area (Å²) >= 11 is 0. The number of ether oxygens (including phenoxy) is 2. The molecule has 0 aliphatic carbocycles. The van der Waals surface area contributed by atoms with Gasteiger partial charge in [-0.3, -0.25) is 0 Å². The smallest absolute Gasteiger partial charge is 0.170 e. The van der Waals surface area contributed by atoms with E-state index in [-0.39, 0.29) is 12.4 Å². The molecule has 0 amide bonds. The van der Waals surface area contributed by atoms with Gasteiger partial charge in [0.1, 0.15) is 5.82 Å². The fraction of sp³-hybridized carbons (Fsp3) is 0.462. The molecule has 0 saturated carbocycles. The van der Waals surface area contributed by atoms with Crippen LogP contribution in [-0.2, 0) is 16.1 Å². The van der Waals surface area contributed by atoms with Gasteiger partial charge >= 0.3 is 0 Å². The molecule has 0 bridgehead atoms. The molecule has 1 aromatic carbocycles. The summed E-state index contributed by atoms with van der Waals surface area (Å²) in [4.78, 5) is 0. The zero-order valence-corrected chi connectivity index (χ0v) is 10.9. The third-order valence-electron chi connectivity index (χ3n) is 2.43. The molecule has 1 rings (SSSR count). The Labute approximate surface area is 111 Å². The number of hydrogen-bond donors (Lipinski definition) is 2. The highest BCUT2D eigenvalue weighted by molar-refractivity contribution is 5.98. The van der Waals surface area contributed by atoms with Gasteiger partial charge in [0.25, 0.3) is 0 Å². The van der Waals surface area contributed by atoms with E-state index in [0.29, 0.717) is 30.9 Å². The molecule has 19 heavy (non-hydrogen) atoms. The van der Waals surface area contributed by atoms with Crippen molar-refractivity contribution in [3.05, 3.63) is 35.1 Å². The SMILES string of the molecule is CCCOCCOCc1ccc(F)cc1C(N)=NO. The van der Waals surface area contributed by atoms with E-state index in [4.69, 9.17) is 20.4 Å². The van der Waals surface area contributed by atoms with Crippen molar-refractivity contribution in [3.63, 3.8) is 0 Å². The maximum Gasteiger partial charge on any atom is 0.170 e. The lowest BCUT2D eigenvalue weighted by Gasteiger charge is -2.09. The van der Waals surface area contributed by atoms with E-state index in [2.05, 4.69) is 5.16 Å². The van der Waals surface area contributed by atoms with Gasteiger partial charge in [0.2, 0.25) is 0 Å². The van der Waals surface area contributed by atoms with Gasteiger partial charge in [-0.2, -0.15) is 0 Å². The van der Waals surface area contributed by atoms with E-state index < -0.39 is 5.82 Å². The molecule has 0 unspecified atom stereocenters. The van der Waals surface area contributed by atoms with Gasteiger partial charge in [-0.15, -0.1) is 0 Å². The summed E-state index contributed by atoms with van der Waals surface area (Å²) in [6.07, 6.45) is 0.964. The molecule has 3 N–H and O–H groups in total. The summed E-state index contributed by atoms with van der Waals surface area (Å²) in [7, 11) is 0. The van der Waals surface area contributed by atoms with E-state index in [1.54, 1.807) is 6.07 Å². The second-order valence-corrected chi connectivity index (χ2v) is 3.95. The van der Waals surface area contributed by atoms with Crippen LogP contribution in [0.5, 0.6) is 0 Å². The average molecular weight is 270 g/mol. The van der Waals surface area contributed by atoms with Crippen molar-refractivity contribution in [1.29, 1.82) is 0 Å². The Morgan fingerprint density at radius 1 is 1.32 bits per heavy atom. The molecule has 0 fully saturated rings. The van der Waals surface area contributed by atoms with E-state index in [1.165, 1.54) is 12.1 Å². The number of halogens is 1. The standard InChI is InChI=1S/C13H19FN2O3/c1-2-5-18-6-7-19-9-10-3-4-11(14)8-12(10)13(15)16-17/h3-4,8,17H,2,5-7,9H2,1H3,(H2,15,16). The summed E-state index contributed by atoms with van der Waals surface area (Å²) in [5.74, 6) is -0.586. The summed E-state index contributed by atoms with van der Waals surface area (Å²) in [5, 5.41) is 11.5. The largest absolute Gasteiger partial charge is 0.409 e. The number of hydrogen-bond acceptors (Lipinski definition) is 4. The fourth-order valence-electron chi connectivity index (χ4n) is 1.51. The van der Waals surface area contributed by atoms with Crippen molar-refractivity contribution in [2.45, 2.75) is 20.0 Å². The third-order valence-corrected chi connectivity index (χ3v) is 2.43. The Hall–Kier alpha value is -1.66. The number of nitrogens with zero attached hydrogens (tertiary/aromatic N) is 1. The lowest BCUT2D eigenvalue weighted by atomic mass is 10.1. The molecule has 0 spiro atoms. The van der Waals surface area contributed by atoms with Crippen LogP contribution in [0, 0.1) is 5.82 Å². The maximum atomic E-state index is 13.1. The number of nitrogens with two attached hydrogens (primary N) is 1. The van der Waals surface area contributed by atoms with Gasteiger partial charge in [0, 0.05) is 12.2 Å². The highest BCUT2D eigenvalue weighted by atomic mass is 19.1. The Bertz CT molecular complexity index is 424. The average Bonchev–Trinajstić information content (AvgIpc) is 2.43. The van der Waals surface area contributed by atoms with Crippen LogP contribution in [0.15, 0.2) is 23.4 Å². The second kappa shape index (κ2) is 8.44. The van der Waals surface area contributed by atoms with Crippen LogP contribution in [0.1, 0.15) is 24.5 Å². The molecule has 0 aliphatic rings. The van der Waals surface area contributed by atoms with Crippen molar-refractivity contribution in [2.75, 3.05) is 19.8 Å². The minimum absolute atomic E-state index is 0.139. The monoisotopic (exact) mass is 270 g/mol. The molecule has 106 valence electrons. The third kappa shape index (κ3) is 5.23. The van der Waals surface area contributed by atoms with Crippen LogP contribution in [-0.4, -0.2) is 30.9 Å². The zero-order valence-electron chi connectivity index (χ0n) is 10.9. The normalized spacial score (nSPS) is 11.8. The first-order chi connectivity index (χ1) is 9.19. The lowest BCUT2D eigenvalue weighted by Crippen LogP contribution is -2.17. The number of rotatable bonds is 8. The number of oxime groups is 1. The van der Waals surface area contributed by atoms with E-state index in [9.17, 15) is 4.39 Å². The number of amidine groups is 1. The Morgan fingerprint density at radius 3 is 2.74 bits per heavy atom. The fourth-order valence-corrected chi connectivity index (χ4v) is 1.51. The Balaban J connectivity index is 2.53. The van der Waals surface area contributed by atoms with Gasteiger partial charge in [-0.1, -0.05) is 18.1 Å². The summed E-state index contributed by atoms with van der Waals surface area (Å²) in [6, 6.07) is 4.07. The van der Waals surface area contributed by atoms with Crippen molar-refractivity contribution in [2.24, 2.45) is 10.9 Å². The van der Waals surface area contributed by atoms with Gasteiger partial charge in [0.05, 0.1) is 19.8 Å². The topological polar surface area (TPSA) is 77.1 Å². The van der Waals surface area contributed by atoms with E-state index in [1.807, 2.05) is 6.92 Å². The molecular formula is C13H19FN2O3. The van der Waals surface area contributed by atoms with Crippen molar-refractivity contribution in [3.8, 4) is 0 Å². The second-order valence-electron chi connectivity index (χ2n) is 3.95. The highest BCUT2D eigenvalue weighted by Crippen LogP contribution is 2.12. The van der Waals surface area contributed by atoms with Gasteiger partial charge in [-0.05, 0) is 24.1 Å². The Kier molecular flexibility index (Phi) is 6.84. The summed E-state index contributed by atoms with van der Waals surface area (Å²) in [5.41, 5.74) is 6.48. The first-order valence-corrected chi connectivity index (χ1v) is 6.10. The Morgan fingerprint density at radius 2 is 2.05 bits per heavy atom. The zero-order chi connectivity index (χ0) is 14.1. The predicted molar refractivity (Wildman–Crippen MR) is 69.7 cm³/mol. The van der Waals surface area contributed by atoms with Crippen molar-refractivity contribution in [1.82, 2.24) is 0 Å². The van der Waals surface area contributed by atoms with Crippen LogP contribution in [0.2, 0.25) is 0 Å². The first-order valence-electron chi connectivity index (χ1n) is 6.10. The molecule has 0 aromatic heterocycles. The van der Waals surface area contributed by atoms with Gasteiger partial charge in [0.15, 0.2) is 5.84 Å². The van der Waals surface area contributed by atoms with Gasteiger partial charge < -0.3 is 20.4 Å². The highest BCUT2D eigenvalue weighted by Gasteiger charge is 2.08. The van der Waals surface area contributed by atoms with Crippen LogP contribution in [0.3, 0.4) is 0 Å². The summed E-state index contributed by atoms with van der Waals surface area (Å²) in [6.45, 7) is 3.93. The summed E-state index contributed by atoms with van der Waals surface area (Å²) < 4.78 is 23.8. The molecule has 1 aromatic rings. The minimum atomic E-state index is -0.448. The molecule has 5 nitrogen and oxygen atoms in total. The van der Waals surface area contributed by atoms with Gasteiger partial charge in [-0.25, -0.2) is 4.39 Å². The maximum absolute atomic E-state index is 13.1. The quantitative estimate of drug-likeness (QED) is 0.248. The molecule has 0 saturated heterocycles. The molecule has 0 radical (unpaired) electrons. The first kappa shape index (κ1) is 15.4. The number of benzene rings is 1. The van der Waals surface area contributed by atoms with Crippen molar-refractivity contribution >= 4 is 5.84 Å². The molecule has 6 heteroatoms. The molecular weight excluding hydrogens is 251 g/mol. The molecule has 0 atom stereocenters. The minimum Gasteiger partial charge on any atom is -0.409 e. The van der Waals surface area contributed by atoms with Crippen LogP contribution in [0.4, 0.5) is 4.39 Å². The molecule has 0 heterocycles. The van der Waals surface area contributed by atoms with Crippen LogP contribution in [0.25, 0.3) is 0 Å².